The summed E-state index contributed by atoms with van der Waals surface area (Å²) in [5, 5.41) is 10.7. The third-order valence-corrected chi connectivity index (χ3v) is 3.09. The number of rotatable bonds is 3. The molecule has 2 aromatic rings. The van der Waals surface area contributed by atoms with Gasteiger partial charge in [0.25, 0.3) is 0 Å². The number of aliphatic carboxylic acids is 1. The second-order valence-electron chi connectivity index (χ2n) is 3.38. The molecule has 4 heteroatoms. The summed E-state index contributed by atoms with van der Waals surface area (Å²) >= 11 is 1.42. The van der Waals surface area contributed by atoms with Gasteiger partial charge in [0.2, 0.25) is 0 Å². The van der Waals surface area contributed by atoms with Crippen molar-refractivity contribution >= 4 is 22.9 Å². The molecule has 0 saturated heterocycles. The van der Waals surface area contributed by atoms with Crippen molar-refractivity contribution in [2.45, 2.75) is 0 Å². The van der Waals surface area contributed by atoms with Gasteiger partial charge >= 0.3 is 5.97 Å². The first-order chi connectivity index (χ1) is 8.16. The van der Waals surface area contributed by atoms with E-state index in [4.69, 9.17) is 5.11 Å². The topological polar surface area (TPSA) is 37.3 Å². The molecular weight excluding hydrogens is 239 g/mol. The molecule has 0 amide bonds. The molecule has 0 aliphatic carbocycles. The fourth-order valence-electron chi connectivity index (χ4n) is 1.51. The van der Waals surface area contributed by atoms with Crippen molar-refractivity contribution in [1.29, 1.82) is 0 Å². The number of hydrogen-bond donors (Lipinski definition) is 1. The van der Waals surface area contributed by atoms with Crippen LogP contribution in [0.2, 0.25) is 0 Å². The molecule has 17 heavy (non-hydrogen) atoms. The van der Waals surface area contributed by atoms with Crippen molar-refractivity contribution < 1.29 is 14.3 Å². The molecule has 1 heterocycles. The van der Waals surface area contributed by atoms with E-state index in [0.717, 1.165) is 11.0 Å². The summed E-state index contributed by atoms with van der Waals surface area (Å²) in [7, 11) is 0. The quantitative estimate of drug-likeness (QED) is 0.845. The molecule has 0 radical (unpaired) electrons. The van der Waals surface area contributed by atoms with Crippen molar-refractivity contribution in [1.82, 2.24) is 0 Å². The zero-order valence-corrected chi connectivity index (χ0v) is 9.58. The van der Waals surface area contributed by atoms with Gasteiger partial charge in [-0.1, -0.05) is 18.2 Å². The highest BCUT2D eigenvalue weighted by molar-refractivity contribution is 7.11. The van der Waals surface area contributed by atoms with Crippen molar-refractivity contribution in [3.8, 4) is 0 Å². The van der Waals surface area contributed by atoms with Crippen LogP contribution >= 0.6 is 11.3 Å². The average Bonchev–Trinajstić information content (AvgIpc) is 2.79. The van der Waals surface area contributed by atoms with Gasteiger partial charge in [0, 0.05) is 16.5 Å². The molecular formula is C13H9FO2S. The van der Waals surface area contributed by atoms with E-state index in [-0.39, 0.29) is 5.82 Å². The van der Waals surface area contributed by atoms with E-state index in [1.165, 1.54) is 23.5 Å². The minimum absolute atomic E-state index is 0.379. The highest BCUT2D eigenvalue weighted by atomic mass is 32.1. The van der Waals surface area contributed by atoms with Gasteiger partial charge in [0.1, 0.15) is 5.82 Å². The lowest BCUT2D eigenvalue weighted by Crippen LogP contribution is -1.93. The van der Waals surface area contributed by atoms with Crippen molar-refractivity contribution in [3.05, 3.63) is 64.1 Å². The molecule has 0 fully saturated rings. The van der Waals surface area contributed by atoms with Gasteiger partial charge in [-0.3, -0.25) is 0 Å². The predicted molar refractivity (Wildman–Crippen MR) is 65.4 cm³/mol. The SMILES string of the molecule is O=C(O)/C=C(\c1cccc(F)c1)c1cccs1. The van der Waals surface area contributed by atoms with Crippen LogP contribution in [0.15, 0.2) is 47.9 Å². The lowest BCUT2D eigenvalue weighted by atomic mass is 10.0. The molecule has 1 N–H and O–H groups in total. The number of carboxylic acids is 1. The Morgan fingerprint density at radius 1 is 1.29 bits per heavy atom. The molecule has 1 aromatic carbocycles. The Balaban J connectivity index is 2.52. The van der Waals surface area contributed by atoms with Crippen LogP contribution in [-0.2, 0) is 4.79 Å². The van der Waals surface area contributed by atoms with Gasteiger partial charge in [0.15, 0.2) is 0 Å². The van der Waals surface area contributed by atoms with Crippen LogP contribution < -0.4 is 0 Å². The number of thiophene rings is 1. The van der Waals surface area contributed by atoms with Crippen LogP contribution in [0.1, 0.15) is 10.4 Å². The van der Waals surface area contributed by atoms with Crippen LogP contribution in [0.25, 0.3) is 5.57 Å². The van der Waals surface area contributed by atoms with Crippen molar-refractivity contribution in [2.75, 3.05) is 0 Å². The summed E-state index contributed by atoms with van der Waals surface area (Å²) in [6.45, 7) is 0. The van der Waals surface area contributed by atoms with Crippen LogP contribution in [0.3, 0.4) is 0 Å². The zero-order valence-electron chi connectivity index (χ0n) is 8.76. The van der Waals surface area contributed by atoms with E-state index in [1.54, 1.807) is 12.1 Å². The van der Waals surface area contributed by atoms with Gasteiger partial charge < -0.3 is 5.11 Å². The van der Waals surface area contributed by atoms with Gasteiger partial charge in [-0.2, -0.15) is 0 Å². The van der Waals surface area contributed by atoms with Gasteiger partial charge in [-0.05, 0) is 29.1 Å². The highest BCUT2D eigenvalue weighted by Crippen LogP contribution is 2.27. The lowest BCUT2D eigenvalue weighted by Gasteiger charge is -2.04. The van der Waals surface area contributed by atoms with Crippen LogP contribution in [-0.4, -0.2) is 11.1 Å². The number of halogens is 1. The Morgan fingerprint density at radius 2 is 2.12 bits per heavy atom. The molecule has 0 atom stereocenters. The first kappa shape index (κ1) is 11.5. The van der Waals surface area contributed by atoms with Crippen LogP contribution in [0.4, 0.5) is 4.39 Å². The summed E-state index contributed by atoms with van der Waals surface area (Å²) < 4.78 is 13.1. The van der Waals surface area contributed by atoms with E-state index < -0.39 is 5.97 Å². The normalized spacial score (nSPS) is 11.5. The van der Waals surface area contributed by atoms with Crippen LogP contribution in [0, 0.1) is 5.82 Å². The third kappa shape index (κ3) is 2.79. The first-order valence-electron chi connectivity index (χ1n) is 4.91. The maximum atomic E-state index is 13.1. The molecule has 0 bridgehead atoms. The molecule has 0 spiro atoms. The fourth-order valence-corrected chi connectivity index (χ4v) is 2.27. The minimum atomic E-state index is -1.04. The zero-order chi connectivity index (χ0) is 12.3. The van der Waals surface area contributed by atoms with Crippen molar-refractivity contribution in [3.63, 3.8) is 0 Å². The summed E-state index contributed by atoms with van der Waals surface area (Å²) in [6, 6.07) is 9.55. The fraction of sp³-hybridized carbons (Fsp3) is 0. The molecule has 1 aromatic heterocycles. The Bertz CT molecular complexity index is 559. The van der Waals surface area contributed by atoms with E-state index in [0.29, 0.717) is 11.1 Å². The highest BCUT2D eigenvalue weighted by Gasteiger charge is 2.08. The van der Waals surface area contributed by atoms with Gasteiger partial charge in [0.05, 0.1) is 0 Å². The lowest BCUT2D eigenvalue weighted by molar-refractivity contribution is -0.131. The van der Waals surface area contributed by atoms with Crippen molar-refractivity contribution in [2.24, 2.45) is 0 Å². The Morgan fingerprint density at radius 3 is 2.71 bits per heavy atom. The molecule has 2 rings (SSSR count). The second kappa shape index (κ2) is 4.93. The summed E-state index contributed by atoms with van der Waals surface area (Å²) in [6.07, 6.45) is 1.10. The second-order valence-corrected chi connectivity index (χ2v) is 4.33. The number of hydrogen-bond acceptors (Lipinski definition) is 2. The van der Waals surface area contributed by atoms with E-state index >= 15 is 0 Å². The van der Waals surface area contributed by atoms with Crippen LogP contribution in [0.5, 0.6) is 0 Å². The number of carbonyl (C=O) groups is 1. The Kier molecular flexibility index (Phi) is 3.35. The Labute approximate surface area is 102 Å². The number of benzene rings is 1. The average molecular weight is 248 g/mol. The number of carboxylic acid groups (broad SMARTS) is 1. The summed E-state index contributed by atoms with van der Waals surface area (Å²) in [4.78, 5) is 11.6. The van der Waals surface area contributed by atoms with E-state index in [9.17, 15) is 9.18 Å². The summed E-state index contributed by atoms with van der Waals surface area (Å²) in [5.74, 6) is -1.42. The van der Waals surface area contributed by atoms with Gasteiger partial charge in [-0.25, -0.2) is 9.18 Å². The standard InChI is InChI=1S/C13H9FO2S/c14-10-4-1-3-9(7-10)11(8-13(15)16)12-5-2-6-17-12/h1-8H,(H,15,16)/b11-8+. The molecule has 0 aliphatic heterocycles. The molecule has 0 saturated carbocycles. The maximum Gasteiger partial charge on any atom is 0.328 e. The maximum absolute atomic E-state index is 13.1. The molecule has 0 unspecified atom stereocenters. The third-order valence-electron chi connectivity index (χ3n) is 2.19. The van der Waals surface area contributed by atoms with E-state index in [2.05, 4.69) is 0 Å². The largest absolute Gasteiger partial charge is 0.478 e. The molecule has 2 nitrogen and oxygen atoms in total. The monoisotopic (exact) mass is 248 g/mol. The minimum Gasteiger partial charge on any atom is -0.478 e. The predicted octanol–water partition coefficient (Wildman–Crippen LogP) is 3.40. The molecule has 86 valence electrons. The smallest absolute Gasteiger partial charge is 0.328 e. The first-order valence-corrected chi connectivity index (χ1v) is 5.79. The Hall–Kier alpha value is -1.94. The van der Waals surface area contributed by atoms with E-state index in [1.807, 2.05) is 17.5 Å². The molecule has 0 aliphatic rings. The summed E-state index contributed by atoms with van der Waals surface area (Å²) in [5.41, 5.74) is 1.09. The van der Waals surface area contributed by atoms with Gasteiger partial charge in [-0.15, -0.1) is 11.3 Å².